The van der Waals surface area contributed by atoms with Gasteiger partial charge < -0.3 is 20.3 Å². The third-order valence-electron chi connectivity index (χ3n) is 4.92. The maximum atomic E-state index is 12.3. The molecule has 2 N–H and O–H groups in total. The van der Waals surface area contributed by atoms with E-state index in [9.17, 15) is 14.4 Å². The molecule has 3 amide bonds. The molecule has 0 spiro atoms. The molecule has 2 aromatic carbocycles. The second-order valence-electron chi connectivity index (χ2n) is 7.41. The number of urea groups is 1. The number of unbranched alkanes of at least 4 members (excludes halogenated alkanes) is 1. The number of nitrogens with zero attached hydrogens (tertiary/aromatic N) is 1. The summed E-state index contributed by atoms with van der Waals surface area (Å²) in [5.74, 6) is -0.393. The van der Waals surface area contributed by atoms with Gasteiger partial charge in [0, 0.05) is 24.3 Å². The van der Waals surface area contributed by atoms with Gasteiger partial charge in [0.05, 0.1) is 18.2 Å². The Hall–Kier alpha value is -3.35. The molecule has 1 atom stereocenters. The SMILES string of the molecule is CCCCOC(=O)c1ccc(NC(=O)N[C@H]2CC(=O)N(c3ccc(C)cc3)C2)cc1. The lowest BCUT2D eigenvalue weighted by atomic mass is 10.2. The van der Waals surface area contributed by atoms with E-state index >= 15 is 0 Å². The molecule has 0 bridgehead atoms. The van der Waals surface area contributed by atoms with E-state index in [0.29, 0.717) is 24.4 Å². The minimum absolute atomic E-state index is 0.0184. The minimum Gasteiger partial charge on any atom is -0.462 e. The Kier molecular flexibility index (Phi) is 7.06. The zero-order chi connectivity index (χ0) is 21.5. The molecule has 0 aromatic heterocycles. The van der Waals surface area contributed by atoms with Crippen LogP contribution in [0.2, 0.25) is 0 Å². The Bertz CT molecular complexity index is 894. The molecule has 30 heavy (non-hydrogen) atoms. The summed E-state index contributed by atoms with van der Waals surface area (Å²) in [6.45, 7) is 4.85. The summed E-state index contributed by atoms with van der Waals surface area (Å²) in [4.78, 5) is 38.2. The lowest BCUT2D eigenvalue weighted by Gasteiger charge is -2.17. The van der Waals surface area contributed by atoms with Crippen LogP contribution in [0.1, 0.15) is 42.1 Å². The van der Waals surface area contributed by atoms with Crippen molar-refractivity contribution in [1.29, 1.82) is 0 Å². The number of carbonyl (C=O) groups excluding carboxylic acids is 3. The van der Waals surface area contributed by atoms with E-state index in [0.717, 1.165) is 24.1 Å². The van der Waals surface area contributed by atoms with Crippen LogP contribution in [0.4, 0.5) is 16.2 Å². The zero-order valence-corrected chi connectivity index (χ0v) is 17.3. The van der Waals surface area contributed by atoms with E-state index in [1.54, 1.807) is 29.2 Å². The van der Waals surface area contributed by atoms with Crippen molar-refractivity contribution in [3.63, 3.8) is 0 Å². The van der Waals surface area contributed by atoms with Gasteiger partial charge in [0.2, 0.25) is 5.91 Å². The van der Waals surface area contributed by atoms with E-state index in [2.05, 4.69) is 10.6 Å². The standard InChI is InChI=1S/C23H27N3O4/c1-3-4-13-30-22(28)17-7-9-18(10-8-17)24-23(29)25-19-14-21(27)26(15-19)20-11-5-16(2)6-12-20/h5-12,19H,3-4,13-15H2,1-2H3,(H2,24,25,29)/t19-/m0/s1. The Morgan fingerprint density at radius 2 is 1.80 bits per heavy atom. The summed E-state index contributed by atoms with van der Waals surface area (Å²) in [7, 11) is 0. The van der Waals surface area contributed by atoms with Crippen molar-refractivity contribution in [3.05, 3.63) is 59.7 Å². The topological polar surface area (TPSA) is 87.7 Å². The molecule has 2 aromatic rings. The van der Waals surface area contributed by atoms with Crippen LogP contribution < -0.4 is 15.5 Å². The number of rotatable bonds is 7. The molecule has 1 aliphatic heterocycles. The van der Waals surface area contributed by atoms with Crippen LogP contribution in [0.5, 0.6) is 0 Å². The number of esters is 1. The fourth-order valence-electron chi connectivity index (χ4n) is 3.21. The van der Waals surface area contributed by atoms with Gasteiger partial charge in [0.15, 0.2) is 0 Å². The summed E-state index contributed by atoms with van der Waals surface area (Å²) in [6.07, 6.45) is 2.04. The number of benzene rings is 2. The summed E-state index contributed by atoms with van der Waals surface area (Å²) in [5.41, 5.74) is 2.95. The monoisotopic (exact) mass is 409 g/mol. The van der Waals surface area contributed by atoms with Crippen molar-refractivity contribution in [3.8, 4) is 0 Å². The number of carbonyl (C=O) groups is 3. The predicted octanol–water partition coefficient (Wildman–Crippen LogP) is 3.88. The second-order valence-corrected chi connectivity index (χ2v) is 7.41. The first kappa shape index (κ1) is 21.4. The van der Waals surface area contributed by atoms with Crippen molar-refractivity contribution in [1.82, 2.24) is 5.32 Å². The number of anilines is 2. The van der Waals surface area contributed by atoms with Gasteiger partial charge in [-0.2, -0.15) is 0 Å². The van der Waals surface area contributed by atoms with Gasteiger partial charge in [0.1, 0.15) is 0 Å². The molecule has 158 valence electrons. The average Bonchev–Trinajstić information content (AvgIpc) is 3.09. The smallest absolute Gasteiger partial charge is 0.338 e. The Balaban J connectivity index is 1.50. The Morgan fingerprint density at radius 3 is 2.47 bits per heavy atom. The fraction of sp³-hybridized carbons (Fsp3) is 0.348. The molecule has 0 radical (unpaired) electrons. The van der Waals surface area contributed by atoms with E-state index in [1.807, 2.05) is 38.1 Å². The number of nitrogens with one attached hydrogen (secondary N) is 2. The van der Waals surface area contributed by atoms with Crippen LogP contribution in [0.3, 0.4) is 0 Å². The number of aryl methyl sites for hydroxylation is 1. The summed E-state index contributed by atoms with van der Waals surface area (Å²) >= 11 is 0. The quantitative estimate of drug-likeness (QED) is 0.537. The maximum absolute atomic E-state index is 12.3. The first-order valence-corrected chi connectivity index (χ1v) is 10.2. The fourth-order valence-corrected chi connectivity index (χ4v) is 3.21. The zero-order valence-electron chi connectivity index (χ0n) is 17.3. The highest BCUT2D eigenvalue weighted by atomic mass is 16.5. The lowest BCUT2D eigenvalue weighted by Crippen LogP contribution is -2.39. The maximum Gasteiger partial charge on any atom is 0.338 e. The van der Waals surface area contributed by atoms with Gasteiger partial charge in [-0.05, 0) is 49.7 Å². The summed E-state index contributed by atoms with van der Waals surface area (Å²) in [6, 6.07) is 13.6. The first-order chi connectivity index (χ1) is 14.5. The molecule has 1 aliphatic rings. The van der Waals surface area contributed by atoms with Crippen molar-refractivity contribution < 1.29 is 19.1 Å². The number of hydrogen-bond acceptors (Lipinski definition) is 4. The van der Waals surface area contributed by atoms with E-state index in [1.165, 1.54) is 0 Å². The lowest BCUT2D eigenvalue weighted by molar-refractivity contribution is -0.117. The van der Waals surface area contributed by atoms with Crippen LogP contribution in [-0.4, -0.2) is 37.1 Å². The van der Waals surface area contributed by atoms with Gasteiger partial charge in [-0.15, -0.1) is 0 Å². The van der Waals surface area contributed by atoms with Crippen molar-refractivity contribution in [2.75, 3.05) is 23.4 Å². The minimum atomic E-state index is -0.392. The molecule has 1 heterocycles. The molecule has 1 saturated heterocycles. The van der Waals surface area contributed by atoms with Gasteiger partial charge >= 0.3 is 12.0 Å². The average molecular weight is 409 g/mol. The van der Waals surface area contributed by atoms with Crippen LogP contribution in [-0.2, 0) is 9.53 Å². The molecule has 7 heteroatoms. The first-order valence-electron chi connectivity index (χ1n) is 10.2. The van der Waals surface area contributed by atoms with Crippen LogP contribution in [0.15, 0.2) is 48.5 Å². The van der Waals surface area contributed by atoms with E-state index < -0.39 is 6.03 Å². The molecule has 0 aliphatic carbocycles. The van der Waals surface area contributed by atoms with Crippen LogP contribution in [0, 0.1) is 6.92 Å². The van der Waals surface area contributed by atoms with Gasteiger partial charge in [0.25, 0.3) is 0 Å². The number of ether oxygens (including phenoxy) is 1. The highest BCUT2D eigenvalue weighted by Gasteiger charge is 2.31. The normalized spacial score (nSPS) is 15.7. The van der Waals surface area contributed by atoms with Crippen LogP contribution >= 0.6 is 0 Å². The molecule has 7 nitrogen and oxygen atoms in total. The molecule has 1 fully saturated rings. The molecule has 0 unspecified atom stereocenters. The summed E-state index contributed by atoms with van der Waals surface area (Å²) in [5, 5.41) is 5.57. The molecule has 0 saturated carbocycles. The molecular formula is C23H27N3O4. The largest absolute Gasteiger partial charge is 0.462 e. The Labute approximate surface area is 176 Å². The van der Waals surface area contributed by atoms with Crippen LogP contribution in [0.25, 0.3) is 0 Å². The van der Waals surface area contributed by atoms with Crippen molar-refractivity contribution in [2.45, 2.75) is 39.2 Å². The third-order valence-corrected chi connectivity index (χ3v) is 4.92. The predicted molar refractivity (Wildman–Crippen MR) is 116 cm³/mol. The molecule has 3 rings (SSSR count). The summed E-state index contributed by atoms with van der Waals surface area (Å²) < 4.78 is 5.17. The van der Waals surface area contributed by atoms with E-state index in [4.69, 9.17) is 4.74 Å². The van der Waals surface area contributed by atoms with Crippen molar-refractivity contribution >= 4 is 29.3 Å². The molecular weight excluding hydrogens is 382 g/mol. The number of hydrogen-bond donors (Lipinski definition) is 2. The van der Waals surface area contributed by atoms with Crippen molar-refractivity contribution in [2.24, 2.45) is 0 Å². The number of amides is 3. The van der Waals surface area contributed by atoms with Gasteiger partial charge in [-0.1, -0.05) is 31.0 Å². The van der Waals surface area contributed by atoms with Gasteiger partial charge in [-0.25, -0.2) is 9.59 Å². The second kappa shape index (κ2) is 9.91. The highest BCUT2D eigenvalue weighted by molar-refractivity contribution is 5.98. The third kappa shape index (κ3) is 5.59. The Morgan fingerprint density at radius 1 is 1.10 bits per heavy atom. The van der Waals surface area contributed by atoms with Gasteiger partial charge in [-0.3, -0.25) is 4.79 Å². The highest BCUT2D eigenvalue weighted by Crippen LogP contribution is 2.22. The van der Waals surface area contributed by atoms with E-state index in [-0.39, 0.29) is 24.3 Å².